The van der Waals surface area contributed by atoms with Crippen molar-refractivity contribution in [3.05, 3.63) is 59.7 Å². The van der Waals surface area contributed by atoms with Gasteiger partial charge in [0.15, 0.2) is 0 Å². The van der Waals surface area contributed by atoms with Gasteiger partial charge in [0.1, 0.15) is 5.75 Å². The van der Waals surface area contributed by atoms with Gasteiger partial charge in [-0.05, 0) is 55.7 Å². The fourth-order valence-electron chi connectivity index (χ4n) is 3.29. The maximum absolute atomic E-state index is 13.0. The fraction of sp³-hybridized carbons (Fsp3) is 0.381. The number of benzene rings is 2. The second-order valence-electron chi connectivity index (χ2n) is 6.71. The number of hydrogen-bond acceptors (Lipinski definition) is 4. The lowest BCUT2D eigenvalue weighted by atomic mass is 10.2. The molecule has 3 rings (SSSR count). The van der Waals surface area contributed by atoms with Gasteiger partial charge in [-0.2, -0.15) is 4.31 Å². The SMILES string of the molecule is CCOc1ccc(C(=O)NCc2ccccc2S(=O)(=O)N2CCCCC2)cc1. The van der Waals surface area contributed by atoms with Crippen LogP contribution in [0.5, 0.6) is 5.75 Å². The molecule has 1 heterocycles. The number of piperidine rings is 1. The first-order valence-electron chi connectivity index (χ1n) is 9.61. The second-order valence-corrected chi connectivity index (χ2v) is 8.62. The van der Waals surface area contributed by atoms with Crippen LogP contribution in [0.2, 0.25) is 0 Å². The van der Waals surface area contributed by atoms with Crippen LogP contribution in [-0.2, 0) is 16.6 Å². The van der Waals surface area contributed by atoms with Crippen molar-refractivity contribution < 1.29 is 17.9 Å². The van der Waals surface area contributed by atoms with E-state index < -0.39 is 10.0 Å². The summed E-state index contributed by atoms with van der Waals surface area (Å²) >= 11 is 0. The predicted molar refractivity (Wildman–Crippen MR) is 108 cm³/mol. The van der Waals surface area contributed by atoms with Crippen LogP contribution in [0, 0.1) is 0 Å². The van der Waals surface area contributed by atoms with Gasteiger partial charge in [0, 0.05) is 25.2 Å². The van der Waals surface area contributed by atoms with Crippen LogP contribution >= 0.6 is 0 Å². The summed E-state index contributed by atoms with van der Waals surface area (Å²) in [5, 5.41) is 2.82. The molecule has 1 saturated heterocycles. The highest BCUT2D eigenvalue weighted by molar-refractivity contribution is 7.89. The Hall–Kier alpha value is -2.38. The number of hydrogen-bond donors (Lipinski definition) is 1. The summed E-state index contributed by atoms with van der Waals surface area (Å²) in [6.07, 6.45) is 2.83. The quantitative estimate of drug-likeness (QED) is 0.772. The van der Waals surface area contributed by atoms with Gasteiger partial charge in [-0.25, -0.2) is 8.42 Å². The number of ether oxygens (including phenoxy) is 1. The maximum Gasteiger partial charge on any atom is 0.251 e. The van der Waals surface area contributed by atoms with Crippen LogP contribution in [-0.4, -0.2) is 38.3 Å². The van der Waals surface area contributed by atoms with Crippen molar-refractivity contribution in [1.82, 2.24) is 9.62 Å². The summed E-state index contributed by atoms with van der Waals surface area (Å²) in [7, 11) is -3.55. The van der Waals surface area contributed by atoms with Crippen LogP contribution in [0.15, 0.2) is 53.4 Å². The molecular weight excluding hydrogens is 376 g/mol. The highest BCUT2D eigenvalue weighted by atomic mass is 32.2. The molecule has 2 aromatic carbocycles. The van der Waals surface area contributed by atoms with Crippen molar-refractivity contribution in [3.8, 4) is 5.75 Å². The molecule has 1 aliphatic rings. The third-order valence-electron chi connectivity index (χ3n) is 4.77. The molecule has 0 bridgehead atoms. The molecule has 0 saturated carbocycles. The smallest absolute Gasteiger partial charge is 0.251 e. The summed E-state index contributed by atoms with van der Waals surface area (Å²) in [5.41, 5.74) is 1.09. The summed E-state index contributed by atoms with van der Waals surface area (Å²) in [6.45, 7) is 3.71. The first-order chi connectivity index (χ1) is 13.5. The van der Waals surface area contributed by atoms with Gasteiger partial charge < -0.3 is 10.1 Å². The van der Waals surface area contributed by atoms with Gasteiger partial charge in [-0.15, -0.1) is 0 Å². The molecule has 2 aromatic rings. The van der Waals surface area contributed by atoms with Gasteiger partial charge in [-0.3, -0.25) is 4.79 Å². The summed E-state index contributed by atoms with van der Waals surface area (Å²) in [6, 6.07) is 13.7. The van der Waals surface area contributed by atoms with E-state index in [9.17, 15) is 13.2 Å². The lowest BCUT2D eigenvalue weighted by molar-refractivity contribution is 0.0950. The zero-order chi connectivity index (χ0) is 20.0. The van der Waals surface area contributed by atoms with Crippen molar-refractivity contribution in [2.75, 3.05) is 19.7 Å². The van der Waals surface area contributed by atoms with E-state index >= 15 is 0 Å². The monoisotopic (exact) mass is 402 g/mol. The molecule has 1 N–H and O–H groups in total. The molecule has 0 radical (unpaired) electrons. The molecule has 1 amide bonds. The Morgan fingerprint density at radius 1 is 1.04 bits per heavy atom. The summed E-state index contributed by atoms with van der Waals surface area (Å²) < 4.78 is 33.0. The van der Waals surface area contributed by atoms with Crippen LogP contribution in [0.3, 0.4) is 0 Å². The number of amides is 1. The van der Waals surface area contributed by atoms with Crippen molar-refractivity contribution in [2.24, 2.45) is 0 Å². The van der Waals surface area contributed by atoms with Gasteiger partial charge in [0.05, 0.1) is 11.5 Å². The number of sulfonamides is 1. The van der Waals surface area contributed by atoms with Crippen molar-refractivity contribution in [2.45, 2.75) is 37.6 Å². The van der Waals surface area contributed by atoms with E-state index in [4.69, 9.17) is 4.74 Å². The standard InChI is InChI=1S/C21H26N2O4S/c1-2-27-19-12-10-17(11-13-19)21(24)22-16-18-8-4-5-9-20(18)28(25,26)23-14-6-3-7-15-23/h4-5,8-13H,2-3,6-7,14-16H2,1H3,(H,22,24). The first kappa shape index (κ1) is 20.4. The van der Waals surface area contributed by atoms with E-state index in [2.05, 4.69) is 5.32 Å². The number of carbonyl (C=O) groups excluding carboxylic acids is 1. The molecule has 150 valence electrons. The largest absolute Gasteiger partial charge is 0.494 e. The fourth-order valence-corrected chi connectivity index (χ4v) is 5.03. The molecule has 1 fully saturated rings. The molecule has 0 aromatic heterocycles. The van der Waals surface area contributed by atoms with Gasteiger partial charge in [0.2, 0.25) is 10.0 Å². The van der Waals surface area contributed by atoms with E-state index in [0.717, 1.165) is 19.3 Å². The topological polar surface area (TPSA) is 75.7 Å². The second kappa shape index (κ2) is 9.21. The molecule has 28 heavy (non-hydrogen) atoms. The zero-order valence-electron chi connectivity index (χ0n) is 16.1. The highest BCUT2D eigenvalue weighted by Gasteiger charge is 2.27. The molecule has 0 atom stereocenters. The Labute approximate surface area is 166 Å². The summed E-state index contributed by atoms with van der Waals surface area (Å²) in [4.78, 5) is 12.7. The van der Waals surface area contributed by atoms with E-state index in [0.29, 0.717) is 36.6 Å². The van der Waals surface area contributed by atoms with Crippen molar-refractivity contribution in [1.29, 1.82) is 0 Å². The van der Waals surface area contributed by atoms with Crippen LogP contribution in [0.4, 0.5) is 0 Å². The maximum atomic E-state index is 13.0. The normalized spacial score (nSPS) is 15.2. The van der Waals surface area contributed by atoms with Crippen LogP contribution in [0.25, 0.3) is 0 Å². The first-order valence-corrected chi connectivity index (χ1v) is 11.1. The average molecular weight is 403 g/mol. The lowest BCUT2D eigenvalue weighted by Crippen LogP contribution is -2.36. The van der Waals surface area contributed by atoms with E-state index in [1.807, 2.05) is 6.92 Å². The number of rotatable bonds is 7. The Morgan fingerprint density at radius 2 is 1.71 bits per heavy atom. The zero-order valence-corrected chi connectivity index (χ0v) is 16.9. The van der Waals surface area contributed by atoms with E-state index in [1.54, 1.807) is 52.8 Å². The number of carbonyl (C=O) groups is 1. The minimum atomic E-state index is -3.55. The van der Waals surface area contributed by atoms with Crippen molar-refractivity contribution in [3.63, 3.8) is 0 Å². The average Bonchev–Trinajstić information content (AvgIpc) is 2.73. The molecule has 0 spiro atoms. The molecule has 0 unspecified atom stereocenters. The van der Waals surface area contributed by atoms with E-state index in [1.165, 1.54) is 0 Å². The van der Waals surface area contributed by atoms with Gasteiger partial charge in [-0.1, -0.05) is 24.6 Å². The van der Waals surface area contributed by atoms with E-state index in [-0.39, 0.29) is 17.3 Å². The predicted octanol–water partition coefficient (Wildman–Crippen LogP) is 3.19. The number of nitrogens with one attached hydrogen (secondary N) is 1. The van der Waals surface area contributed by atoms with Gasteiger partial charge in [0.25, 0.3) is 5.91 Å². The summed E-state index contributed by atoms with van der Waals surface area (Å²) in [5.74, 6) is 0.449. The molecule has 1 aliphatic heterocycles. The molecule has 0 aliphatic carbocycles. The molecule has 7 heteroatoms. The Kier molecular flexibility index (Phi) is 6.70. The number of nitrogens with zero attached hydrogens (tertiary/aromatic N) is 1. The Morgan fingerprint density at radius 3 is 2.39 bits per heavy atom. The minimum Gasteiger partial charge on any atom is -0.494 e. The van der Waals surface area contributed by atoms with Crippen LogP contribution in [0.1, 0.15) is 42.1 Å². The third-order valence-corrected chi connectivity index (χ3v) is 6.77. The minimum absolute atomic E-state index is 0.148. The molecule has 6 nitrogen and oxygen atoms in total. The molecular formula is C21H26N2O4S. The highest BCUT2D eigenvalue weighted by Crippen LogP contribution is 2.23. The lowest BCUT2D eigenvalue weighted by Gasteiger charge is -2.26. The third kappa shape index (κ3) is 4.72. The van der Waals surface area contributed by atoms with Crippen LogP contribution < -0.4 is 10.1 Å². The van der Waals surface area contributed by atoms with Crippen molar-refractivity contribution >= 4 is 15.9 Å². The van der Waals surface area contributed by atoms with Gasteiger partial charge >= 0.3 is 0 Å². The Balaban J connectivity index is 1.72. The Bertz CT molecular complexity index is 904.